The molecule has 1 amide bonds. The van der Waals surface area contributed by atoms with E-state index in [1.165, 1.54) is 18.4 Å². The predicted octanol–water partition coefficient (Wildman–Crippen LogP) is 4.20. The molecule has 24 heavy (non-hydrogen) atoms. The van der Waals surface area contributed by atoms with Crippen LogP contribution in [0.5, 0.6) is 0 Å². The Bertz CT molecular complexity index is 689. The molecule has 1 saturated carbocycles. The lowest BCUT2D eigenvalue weighted by molar-refractivity contribution is -0.120. The molecule has 0 aliphatic heterocycles. The van der Waals surface area contributed by atoms with Gasteiger partial charge in [-0.25, -0.2) is 0 Å². The highest BCUT2D eigenvalue weighted by atomic mass is 79.9. The van der Waals surface area contributed by atoms with Crippen molar-refractivity contribution in [1.82, 2.24) is 5.32 Å². The number of hydrogen-bond acceptors (Lipinski definition) is 2. The van der Waals surface area contributed by atoms with Crippen LogP contribution in [0.1, 0.15) is 36.8 Å². The Kier molecular flexibility index (Phi) is 5.24. The first-order valence-electron chi connectivity index (χ1n) is 8.45. The minimum absolute atomic E-state index is 0.0724. The molecule has 3 rings (SSSR count). The zero-order chi connectivity index (χ0) is 17.0. The fraction of sp³-hybridized carbons (Fsp3) is 0.350. The molecule has 0 heterocycles. The highest BCUT2D eigenvalue weighted by Gasteiger charge is 2.35. The summed E-state index contributed by atoms with van der Waals surface area (Å²) in [6.07, 6.45) is 5.12. The number of benzene rings is 2. The lowest BCUT2D eigenvalue weighted by atomic mass is 9.79. The van der Waals surface area contributed by atoms with Crippen LogP contribution in [-0.4, -0.2) is 12.5 Å². The fourth-order valence-electron chi connectivity index (χ4n) is 3.57. The number of rotatable bonds is 5. The highest BCUT2D eigenvalue weighted by molar-refractivity contribution is 9.10. The van der Waals surface area contributed by atoms with E-state index in [1.54, 1.807) is 0 Å². The molecule has 0 aromatic heterocycles. The summed E-state index contributed by atoms with van der Waals surface area (Å²) < 4.78 is 1.09. The van der Waals surface area contributed by atoms with Gasteiger partial charge < -0.3 is 11.1 Å². The van der Waals surface area contributed by atoms with Crippen molar-refractivity contribution in [3.63, 3.8) is 0 Å². The second-order valence-electron chi connectivity index (χ2n) is 6.69. The van der Waals surface area contributed by atoms with E-state index in [0.717, 1.165) is 28.6 Å². The van der Waals surface area contributed by atoms with Crippen LogP contribution in [0.2, 0.25) is 0 Å². The summed E-state index contributed by atoms with van der Waals surface area (Å²) in [4.78, 5) is 12.3. The van der Waals surface area contributed by atoms with Gasteiger partial charge in [-0.1, -0.05) is 53.0 Å². The van der Waals surface area contributed by atoms with Crippen molar-refractivity contribution < 1.29 is 4.79 Å². The number of nitrogen functional groups attached to an aromatic ring is 1. The third-order valence-corrected chi connectivity index (χ3v) is 5.51. The van der Waals surface area contributed by atoms with E-state index in [-0.39, 0.29) is 11.3 Å². The zero-order valence-electron chi connectivity index (χ0n) is 13.7. The van der Waals surface area contributed by atoms with E-state index in [9.17, 15) is 4.79 Å². The summed E-state index contributed by atoms with van der Waals surface area (Å²) in [6.45, 7) is 0.711. The van der Waals surface area contributed by atoms with Crippen LogP contribution < -0.4 is 11.1 Å². The predicted molar refractivity (Wildman–Crippen MR) is 102 cm³/mol. The van der Waals surface area contributed by atoms with Gasteiger partial charge in [0.05, 0.1) is 6.42 Å². The molecule has 126 valence electrons. The molecule has 0 saturated heterocycles. The van der Waals surface area contributed by atoms with Gasteiger partial charge in [0.25, 0.3) is 0 Å². The number of nitrogens with one attached hydrogen (secondary N) is 1. The molecule has 1 aliphatic rings. The Morgan fingerprint density at radius 1 is 1.04 bits per heavy atom. The molecular formula is C20H23BrN2O. The van der Waals surface area contributed by atoms with Crippen molar-refractivity contribution in [3.8, 4) is 0 Å². The average molecular weight is 387 g/mol. The maximum Gasteiger partial charge on any atom is 0.224 e. The maximum absolute atomic E-state index is 12.3. The van der Waals surface area contributed by atoms with Crippen molar-refractivity contribution in [3.05, 3.63) is 64.1 Å². The minimum atomic E-state index is 0.0724. The Hall–Kier alpha value is -1.81. The normalized spacial score (nSPS) is 16.0. The quantitative estimate of drug-likeness (QED) is 0.756. The van der Waals surface area contributed by atoms with Crippen LogP contribution in [0.3, 0.4) is 0 Å². The number of halogens is 1. The summed E-state index contributed by atoms with van der Waals surface area (Å²) in [5, 5.41) is 3.16. The zero-order valence-corrected chi connectivity index (χ0v) is 15.3. The topological polar surface area (TPSA) is 55.1 Å². The average Bonchev–Trinajstić information content (AvgIpc) is 3.06. The third-order valence-electron chi connectivity index (χ3n) is 4.99. The van der Waals surface area contributed by atoms with Crippen molar-refractivity contribution in [2.45, 2.75) is 37.5 Å². The smallest absolute Gasteiger partial charge is 0.224 e. The Morgan fingerprint density at radius 3 is 2.29 bits per heavy atom. The van der Waals surface area contributed by atoms with Crippen molar-refractivity contribution >= 4 is 27.5 Å². The number of nitrogens with two attached hydrogens (primary N) is 1. The van der Waals surface area contributed by atoms with Gasteiger partial charge in [-0.3, -0.25) is 4.79 Å². The first kappa shape index (κ1) is 17.0. The molecule has 1 fully saturated rings. The van der Waals surface area contributed by atoms with E-state index in [1.807, 2.05) is 24.3 Å². The van der Waals surface area contributed by atoms with Gasteiger partial charge in [0, 0.05) is 22.1 Å². The summed E-state index contributed by atoms with van der Waals surface area (Å²) in [5.74, 6) is 0.0724. The Balaban J connectivity index is 1.65. The van der Waals surface area contributed by atoms with Gasteiger partial charge >= 0.3 is 0 Å². The maximum atomic E-state index is 12.3. The molecule has 0 atom stereocenters. The van der Waals surface area contributed by atoms with Crippen molar-refractivity contribution in [2.24, 2.45) is 0 Å². The fourth-order valence-corrected chi connectivity index (χ4v) is 3.84. The van der Waals surface area contributed by atoms with Gasteiger partial charge in [0.15, 0.2) is 0 Å². The SMILES string of the molecule is Nc1ccc(CC(=O)NCC2(c3ccc(Br)cc3)CCCC2)cc1. The summed E-state index contributed by atoms with van der Waals surface area (Å²) >= 11 is 3.50. The van der Waals surface area contributed by atoms with Gasteiger partial charge in [-0.05, 0) is 48.2 Å². The van der Waals surface area contributed by atoms with Crippen LogP contribution in [-0.2, 0) is 16.6 Å². The van der Waals surface area contributed by atoms with Gasteiger partial charge in [-0.15, -0.1) is 0 Å². The molecule has 2 aromatic rings. The van der Waals surface area contributed by atoms with Gasteiger partial charge in [-0.2, -0.15) is 0 Å². The second-order valence-corrected chi connectivity index (χ2v) is 7.61. The lowest BCUT2D eigenvalue weighted by Gasteiger charge is -2.30. The summed E-state index contributed by atoms with van der Waals surface area (Å²) in [5.41, 5.74) is 8.81. The van der Waals surface area contributed by atoms with E-state index < -0.39 is 0 Å². The van der Waals surface area contributed by atoms with Crippen LogP contribution in [0.4, 0.5) is 5.69 Å². The Labute approximate surface area is 151 Å². The van der Waals surface area contributed by atoms with E-state index in [2.05, 4.69) is 45.5 Å². The molecule has 3 N–H and O–H groups in total. The first-order valence-corrected chi connectivity index (χ1v) is 9.24. The first-order chi connectivity index (χ1) is 11.6. The summed E-state index contributed by atoms with van der Waals surface area (Å²) in [6, 6.07) is 16.0. The summed E-state index contributed by atoms with van der Waals surface area (Å²) in [7, 11) is 0. The highest BCUT2D eigenvalue weighted by Crippen LogP contribution is 2.40. The minimum Gasteiger partial charge on any atom is -0.399 e. The number of anilines is 1. The molecular weight excluding hydrogens is 364 g/mol. The number of amides is 1. The van der Waals surface area contributed by atoms with E-state index in [4.69, 9.17) is 5.73 Å². The number of carbonyl (C=O) groups excluding carboxylic acids is 1. The number of carbonyl (C=O) groups is 1. The standard InChI is InChI=1S/C20H23BrN2O/c21-17-7-5-16(6-8-17)20(11-1-2-12-20)14-23-19(24)13-15-3-9-18(22)10-4-15/h3-10H,1-2,11-14,22H2,(H,23,24). The van der Waals surface area contributed by atoms with E-state index >= 15 is 0 Å². The molecule has 0 bridgehead atoms. The van der Waals surface area contributed by atoms with Crippen LogP contribution >= 0.6 is 15.9 Å². The third kappa shape index (κ3) is 3.99. The molecule has 1 aliphatic carbocycles. The second kappa shape index (κ2) is 7.39. The van der Waals surface area contributed by atoms with Crippen LogP contribution in [0.25, 0.3) is 0 Å². The molecule has 4 heteroatoms. The largest absolute Gasteiger partial charge is 0.399 e. The van der Waals surface area contributed by atoms with Crippen molar-refractivity contribution in [1.29, 1.82) is 0 Å². The molecule has 0 spiro atoms. The van der Waals surface area contributed by atoms with Gasteiger partial charge in [0.2, 0.25) is 5.91 Å². The van der Waals surface area contributed by atoms with Crippen molar-refractivity contribution in [2.75, 3.05) is 12.3 Å². The molecule has 2 aromatic carbocycles. The van der Waals surface area contributed by atoms with E-state index in [0.29, 0.717) is 13.0 Å². The Morgan fingerprint density at radius 2 is 1.67 bits per heavy atom. The number of hydrogen-bond donors (Lipinski definition) is 2. The van der Waals surface area contributed by atoms with Gasteiger partial charge in [0.1, 0.15) is 0 Å². The molecule has 0 radical (unpaired) electrons. The van der Waals surface area contributed by atoms with Crippen LogP contribution in [0, 0.1) is 0 Å². The monoisotopic (exact) mass is 386 g/mol. The van der Waals surface area contributed by atoms with Crippen LogP contribution in [0.15, 0.2) is 53.0 Å². The molecule has 0 unspecified atom stereocenters. The molecule has 3 nitrogen and oxygen atoms in total. The lowest BCUT2D eigenvalue weighted by Crippen LogP contribution is -2.39.